The van der Waals surface area contributed by atoms with Gasteiger partial charge in [-0.2, -0.15) is 5.26 Å². The maximum atomic E-state index is 11.8. The van der Waals surface area contributed by atoms with Crippen molar-refractivity contribution in [3.05, 3.63) is 24.3 Å². The van der Waals surface area contributed by atoms with Gasteiger partial charge in [-0.3, -0.25) is 9.69 Å². The summed E-state index contributed by atoms with van der Waals surface area (Å²) in [7, 11) is 0. The molecule has 1 amide bonds. The molecule has 0 saturated carbocycles. The van der Waals surface area contributed by atoms with Crippen LogP contribution in [0.1, 0.15) is 12.8 Å². The van der Waals surface area contributed by atoms with Gasteiger partial charge in [0.25, 0.3) is 0 Å². The maximum absolute atomic E-state index is 11.8. The highest BCUT2D eigenvalue weighted by Gasteiger charge is 2.19. The molecular weight excluding hydrogens is 268 g/mol. The Morgan fingerprint density at radius 1 is 1.57 bits per heavy atom. The molecule has 0 bridgehead atoms. The van der Waals surface area contributed by atoms with E-state index in [2.05, 4.69) is 16.3 Å². The Bertz CT molecular complexity index is 527. The number of nitriles is 1. The number of ether oxygens (including phenoxy) is 1. The molecule has 1 saturated heterocycles. The number of carbonyl (C=O) groups excluding carboxylic acids is 1. The third-order valence-corrected chi connectivity index (χ3v) is 3.34. The van der Waals surface area contributed by atoms with Crippen LogP contribution in [0.25, 0.3) is 0 Å². The number of nitrogens with one attached hydrogen (secondary N) is 1. The number of morpholine rings is 1. The Labute approximate surface area is 124 Å². The Balaban J connectivity index is 1.69. The van der Waals surface area contributed by atoms with Crippen LogP contribution in [-0.4, -0.2) is 43.2 Å². The van der Waals surface area contributed by atoms with Crippen LogP contribution in [0.15, 0.2) is 24.3 Å². The lowest BCUT2D eigenvalue weighted by atomic mass is 10.2. The number of benzene rings is 1. The number of nitrogen functional groups attached to an aromatic ring is 1. The van der Waals surface area contributed by atoms with Crippen molar-refractivity contribution in [1.29, 1.82) is 5.26 Å². The lowest BCUT2D eigenvalue weighted by Crippen LogP contribution is -2.42. The van der Waals surface area contributed by atoms with Gasteiger partial charge in [0.1, 0.15) is 0 Å². The highest BCUT2D eigenvalue weighted by Crippen LogP contribution is 2.12. The van der Waals surface area contributed by atoms with Crippen LogP contribution in [0.3, 0.4) is 0 Å². The summed E-state index contributed by atoms with van der Waals surface area (Å²) >= 11 is 0. The summed E-state index contributed by atoms with van der Waals surface area (Å²) in [5.41, 5.74) is 7.01. The first kappa shape index (κ1) is 15.3. The van der Waals surface area contributed by atoms with Crippen LogP contribution in [0, 0.1) is 11.3 Å². The molecule has 3 N–H and O–H groups in total. The van der Waals surface area contributed by atoms with Gasteiger partial charge in [0.2, 0.25) is 5.91 Å². The first-order valence-corrected chi connectivity index (χ1v) is 7.06. The molecule has 21 heavy (non-hydrogen) atoms. The fourth-order valence-corrected chi connectivity index (χ4v) is 2.29. The van der Waals surface area contributed by atoms with E-state index >= 15 is 0 Å². The van der Waals surface area contributed by atoms with Crippen LogP contribution >= 0.6 is 0 Å². The maximum Gasteiger partial charge on any atom is 0.224 e. The van der Waals surface area contributed by atoms with Crippen LogP contribution in [0.5, 0.6) is 0 Å². The second-order valence-electron chi connectivity index (χ2n) is 5.07. The summed E-state index contributed by atoms with van der Waals surface area (Å²) < 4.78 is 5.28. The molecule has 1 aromatic carbocycles. The summed E-state index contributed by atoms with van der Waals surface area (Å²) in [6.45, 7) is 2.81. The molecule has 112 valence electrons. The third-order valence-electron chi connectivity index (χ3n) is 3.34. The largest absolute Gasteiger partial charge is 0.399 e. The van der Waals surface area contributed by atoms with E-state index in [1.165, 1.54) is 0 Å². The monoisotopic (exact) mass is 288 g/mol. The third kappa shape index (κ3) is 5.06. The zero-order valence-corrected chi connectivity index (χ0v) is 11.9. The number of hydrogen-bond donors (Lipinski definition) is 2. The smallest absolute Gasteiger partial charge is 0.224 e. The van der Waals surface area contributed by atoms with Gasteiger partial charge in [0, 0.05) is 30.9 Å². The van der Waals surface area contributed by atoms with Crippen molar-refractivity contribution in [3.8, 4) is 6.07 Å². The van der Waals surface area contributed by atoms with E-state index in [1.54, 1.807) is 18.2 Å². The van der Waals surface area contributed by atoms with Gasteiger partial charge < -0.3 is 15.8 Å². The van der Waals surface area contributed by atoms with Gasteiger partial charge >= 0.3 is 0 Å². The van der Waals surface area contributed by atoms with E-state index < -0.39 is 0 Å². The Hall–Kier alpha value is -2.10. The molecule has 0 aromatic heterocycles. The second kappa shape index (κ2) is 7.62. The van der Waals surface area contributed by atoms with Crippen molar-refractivity contribution in [3.63, 3.8) is 0 Å². The fourth-order valence-electron chi connectivity index (χ4n) is 2.29. The number of carbonyl (C=O) groups is 1. The first-order chi connectivity index (χ1) is 10.2. The highest BCUT2D eigenvalue weighted by molar-refractivity contribution is 5.91. The van der Waals surface area contributed by atoms with Crippen molar-refractivity contribution in [2.45, 2.75) is 18.9 Å². The van der Waals surface area contributed by atoms with Crippen molar-refractivity contribution < 1.29 is 9.53 Å². The molecule has 0 radical (unpaired) electrons. The van der Waals surface area contributed by atoms with E-state index in [0.717, 1.165) is 25.2 Å². The van der Waals surface area contributed by atoms with Gasteiger partial charge in [-0.15, -0.1) is 0 Å². The molecule has 6 heteroatoms. The SMILES string of the molecule is N#CC1CN(CCCC(=O)Nc2cccc(N)c2)CCO1. The number of nitrogens with two attached hydrogens (primary N) is 1. The Kier molecular flexibility index (Phi) is 5.55. The Morgan fingerprint density at radius 2 is 2.43 bits per heavy atom. The zero-order chi connectivity index (χ0) is 15.1. The van der Waals surface area contributed by atoms with Crippen LogP contribution in [0.4, 0.5) is 11.4 Å². The number of amides is 1. The number of anilines is 2. The number of nitrogens with zero attached hydrogens (tertiary/aromatic N) is 2. The lowest BCUT2D eigenvalue weighted by molar-refractivity contribution is -0.116. The van der Waals surface area contributed by atoms with Crippen molar-refractivity contribution in [2.24, 2.45) is 0 Å². The van der Waals surface area contributed by atoms with E-state index in [9.17, 15) is 4.79 Å². The van der Waals surface area contributed by atoms with E-state index in [4.69, 9.17) is 15.7 Å². The van der Waals surface area contributed by atoms with Crippen LogP contribution < -0.4 is 11.1 Å². The Morgan fingerprint density at radius 3 is 3.19 bits per heavy atom. The molecule has 1 aliphatic rings. The average molecular weight is 288 g/mol. The molecule has 1 aromatic rings. The van der Waals surface area contributed by atoms with Crippen LogP contribution in [-0.2, 0) is 9.53 Å². The van der Waals surface area contributed by atoms with Gasteiger partial charge in [0.05, 0.1) is 12.7 Å². The van der Waals surface area contributed by atoms with Crippen molar-refractivity contribution in [1.82, 2.24) is 4.90 Å². The number of rotatable bonds is 5. The van der Waals surface area contributed by atoms with Crippen molar-refractivity contribution in [2.75, 3.05) is 37.3 Å². The summed E-state index contributed by atoms with van der Waals surface area (Å²) in [4.78, 5) is 14.0. The standard InChI is InChI=1S/C15H20N4O2/c16-10-14-11-19(7-8-21-14)6-2-5-15(20)18-13-4-1-3-12(17)9-13/h1,3-4,9,14H,2,5-8,11,17H2,(H,18,20). The summed E-state index contributed by atoms with van der Waals surface area (Å²) in [6.07, 6.45) is 0.857. The van der Waals surface area contributed by atoms with Gasteiger partial charge in [-0.1, -0.05) is 6.07 Å². The molecule has 6 nitrogen and oxygen atoms in total. The quantitative estimate of drug-likeness (QED) is 0.795. The molecule has 0 aliphatic carbocycles. The molecule has 0 spiro atoms. The van der Waals surface area contributed by atoms with E-state index in [-0.39, 0.29) is 12.0 Å². The molecular formula is C15H20N4O2. The lowest BCUT2D eigenvalue weighted by Gasteiger charge is -2.29. The zero-order valence-electron chi connectivity index (χ0n) is 11.9. The predicted molar refractivity (Wildman–Crippen MR) is 80.5 cm³/mol. The second-order valence-corrected chi connectivity index (χ2v) is 5.07. The fraction of sp³-hybridized carbons (Fsp3) is 0.467. The minimum absolute atomic E-state index is 0.0225. The molecule has 1 aliphatic heterocycles. The van der Waals surface area contributed by atoms with Gasteiger partial charge in [-0.25, -0.2) is 0 Å². The molecule has 1 unspecified atom stereocenters. The molecule has 1 atom stereocenters. The minimum atomic E-state index is -0.347. The summed E-state index contributed by atoms with van der Waals surface area (Å²) in [5.74, 6) is -0.0225. The number of hydrogen-bond acceptors (Lipinski definition) is 5. The topological polar surface area (TPSA) is 91.4 Å². The first-order valence-electron chi connectivity index (χ1n) is 7.06. The van der Waals surface area contributed by atoms with E-state index in [1.807, 2.05) is 6.07 Å². The minimum Gasteiger partial charge on any atom is -0.399 e. The average Bonchev–Trinajstić information content (AvgIpc) is 2.47. The van der Waals surface area contributed by atoms with Crippen molar-refractivity contribution >= 4 is 17.3 Å². The summed E-state index contributed by atoms with van der Waals surface area (Å²) in [5, 5.41) is 11.7. The molecule has 1 heterocycles. The molecule has 2 rings (SSSR count). The summed E-state index contributed by atoms with van der Waals surface area (Å²) in [6, 6.07) is 9.25. The molecule has 1 fully saturated rings. The van der Waals surface area contributed by atoms with Crippen LogP contribution in [0.2, 0.25) is 0 Å². The van der Waals surface area contributed by atoms with E-state index in [0.29, 0.717) is 25.3 Å². The van der Waals surface area contributed by atoms with Gasteiger partial charge in [0.15, 0.2) is 6.10 Å². The van der Waals surface area contributed by atoms with Gasteiger partial charge in [-0.05, 0) is 31.2 Å². The highest BCUT2D eigenvalue weighted by atomic mass is 16.5. The normalized spacial score (nSPS) is 18.9. The predicted octanol–water partition coefficient (Wildman–Crippen LogP) is 1.21.